The maximum atomic E-state index is 11.6. The summed E-state index contributed by atoms with van der Waals surface area (Å²) in [5, 5.41) is 1.07. The van der Waals surface area contributed by atoms with Gasteiger partial charge >= 0.3 is 5.97 Å². The Balaban J connectivity index is 2.88. The normalized spacial score (nSPS) is 13.2. The van der Waals surface area contributed by atoms with Crippen LogP contribution in [0.2, 0.25) is 10.0 Å². The molecule has 0 spiro atoms. The molecular weight excluding hydrogens is 273 g/mol. The Morgan fingerprint density at radius 3 is 2.56 bits per heavy atom. The molecule has 0 radical (unpaired) electrons. The Morgan fingerprint density at radius 2 is 2.06 bits per heavy atom. The fourth-order valence-corrected chi connectivity index (χ4v) is 2.37. The van der Waals surface area contributed by atoms with Gasteiger partial charge in [0.2, 0.25) is 0 Å². The van der Waals surface area contributed by atoms with Crippen molar-refractivity contribution in [2.24, 2.45) is 11.1 Å². The molecule has 0 amide bonds. The molecule has 0 fully saturated rings. The number of hydrogen-bond donors (Lipinski definition) is 1. The van der Waals surface area contributed by atoms with Crippen LogP contribution in [-0.2, 0) is 9.53 Å². The standard InChI is InChI=1S/C13H17Cl2NO2/c1-13(2,12(17)18-3)7-11(16)9-5-4-8(14)6-10(9)15/h4-6,11H,7,16H2,1-3H3. The lowest BCUT2D eigenvalue weighted by Gasteiger charge is -2.25. The summed E-state index contributed by atoms with van der Waals surface area (Å²) in [6.07, 6.45) is 0.445. The second-order valence-corrected chi connectivity index (χ2v) is 5.70. The van der Waals surface area contributed by atoms with Gasteiger partial charge in [0, 0.05) is 16.1 Å². The van der Waals surface area contributed by atoms with Gasteiger partial charge in [-0.15, -0.1) is 0 Å². The van der Waals surface area contributed by atoms with Crippen molar-refractivity contribution in [3.63, 3.8) is 0 Å². The Labute approximate surface area is 117 Å². The fourth-order valence-electron chi connectivity index (χ4n) is 1.82. The van der Waals surface area contributed by atoms with E-state index in [1.165, 1.54) is 7.11 Å². The molecule has 5 heteroatoms. The Kier molecular flexibility index (Phi) is 5.02. The zero-order valence-corrected chi connectivity index (χ0v) is 12.2. The van der Waals surface area contributed by atoms with Crippen LogP contribution in [0.5, 0.6) is 0 Å². The highest BCUT2D eigenvalue weighted by atomic mass is 35.5. The van der Waals surface area contributed by atoms with Gasteiger partial charge in [-0.2, -0.15) is 0 Å². The molecule has 0 saturated heterocycles. The second-order valence-electron chi connectivity index (χ2n) is 4.85. The van der Waals surface area contributed by atoms with E-state index in [1.54, 1.807) is 32.0 Å². The minimum Gasteiger partial charge on any atom is -0.469 e. The number of carbonyl (C=O) groups excluding carboxylic acids is 1. The predicted octanol–water partition coefficient (Wildman–Crippen LogP) is 3.58. The molecule has 0 aliphatic rings. The van der Waals surface area contributed by atoms with E-state index < -0.39 is 5.41 Å². The molecule has 1 aromatic rings. The number of esters is 1. The predicted molar refractivity (Wildman–Crippen MR) is 73.8 cm³/mol. The van der Waals surface area contributed by atoms with Crippen LogP contribution >= 0.6 is 23.2 Å². The summed E-state index contributed by atoms with van der Waals surface area (Å²) >= 11 is 11.9. The van der Waals surface area contributed by atoms with Crippen LogP contribution in [-0.4, -0.2) is 13.1 Å². The average Bonchev–Trinajstić information content (AvgIpc) is 2.26. The maximum Gasteiger partial charge on any atom is 0.311 e. The zero-order valence-electron chi connectivity index (χ0n) is 10.7. The summed E-state index contributed by atoms with van der Waals surface area (Å²) in [7, 11) is 1.37. The SMILES string of the molecule is COC(=O)C(C)(C)CC(N)c1ccc(Cl)cc1Cl. The third-order valence-electron chi connectivity index (χ3n) is 2.83. The summed E-state index contributed by atoms with van der Waals surface area (Å²) in [6, 6.07) is 4.81. The molecule has 1 aromatic carbocycles. The summed E-state index contributed by atoms with van der Waals surface area (Å²) in [5.41, 5.74) is 6.21. The number of benzene rings is 1. The van der Waals surface area contributed by atoms with E-state index in [9.17, 15) is 4.79 Å². The van der Waals surface area contributed by atoms with Crippen LogP contribution in [0.15, 0.2) is 18.2 Å². The highest BCUT2D eigenvalue weighted by Gasteiger charge is 2.31. The molecule has 0 aromatic heterocycles. The summed E-state index contributed by atoms with van der Waals surface area (Å²) in [6.45, 7) is 3.59. The van der Waals surface area contributed by atoms with Gasteiger partial charge in [0.1, 0.15) is 0 Å². The largest absolute Gasteiger partial charge is 0.469 e. The van der Waals surface area contributed by atoms with Gasteiger partial charge in [-0.3, -0.25) is 4.79 Å². The first kappa shape index (κ1) is 15.3. The number of halogens is 2. The molecule has 0 heterocycles. The molecule has 0 aliphatic heterocycles. The molecule has 18 heavy (non-hydrogen) atoms. The number of methoxy groups -OCH3 is 1. The lowest BCUT2D eigenvalue weighted by Crippen LogP contribution is -2.30. The summed E-state index contributed by atoms with van der Waals surface area (Å²) < 4.78 is 4.75. The van der Waals surface area contributed by atoms with Gasteiger partial charge in [0.25, 0.3) is 0 Å². The number of carbonyl (C=O) groups is 1. The van der Waals surface area contributed by atoms with Crippen molar-refractivity contribution in [1.82, 2.24) is 0 Å². The minimum atomic E-state index is -0.656. The molecule has 1 atom stereocenters. The van der Waals surface area contributed by atoms with E-state index in [0.717, 1.165) is 5.56 Å². The maximum absolute atomic E-state index is 11.6. The molecule has 1 unspecified atom stereocenters. The van der Waals surface area contributed by atoms with Crippen LogP contribution in [0.4, 0.5) is 0 Å². The van der Waals surface area contributed by atoms with Crippen LogP contribution < -0.4 is 5.73 Å². The van der Waals surface area contributed by atoms with Gasteiger partial charge in [-0.05, 0) is 38.0 Å². The number of ether oxygens (including phenoxy) is 1. The van der Waals surface area contributed by atoms with E-state index in [-0.39, 0.29) is 12.0 Å². The molecule has 0 bridgehead atoms. The number of rotatable bonds is 4. The van der Waals surface area contributed by atoms with E-state index in [4.69, 9.17) is 33.7 Å². The lowest BCUT2D eigenvalue weighted by molar-refractivity contribution is -0.151. The first-order chi connectivity index (χ1) is 8.27. The summed E-state index contributed by atoms with van der Waals surface area (Å²) in [4.78, 5) is 11.6. The van der Waals surface area contributed by atoms with E-state index >= 15 is 0 Å². The van der Waals surface area contributed by atoms with Crippen LogP contribution in [0.25, 0.3) is 0 Å². The first-order valence-electron chi connectivity index (χ1n) is 5.57. The minimum absolute atomic E-state index is 0.289. The molecule has 1 rings (SSSR count). The van der Waals surface area contributed by atoms with Gasteiger partial charge < -0.3 is 10.5 Å². The first-order valence-corrected chi connectivity index (χ1v) is 6.32. The second kappa shape index (κ2) is 5.91. The quantitative estimate of drug-likeness (QED) is 0.862. The van der Waals surface area contributed by atoms with Gasteiger partial charge in [-0.1, -0.05) is 29.3 Å². The molecule has 100 valence electrons. The molecule has 0 aliphatic carbocycles. The lowest BCUT2D eigenvalue weighted by atomic mass is 9.84. The van der Waals surface area contributed by atoms with Crippen molar-refractivity contribution >= 4 is 29.2 Å². The zero-order chi connectivity index (χ0) is 13.9. The third-order valence-corrected chi connectivity index (χ3v) is 3.39. The highest BCUT2D eigenvalue weighted by molar-refractivity contribution is 6.35. The fraction of sp³-hybridized carbons (Fsp3) is 0.462. The Hall–Kier alpha value is -0.770. The van der Waals surface area contributed by atoms with Crippen LogP contribution in [0, 0.1) is 5.41 Å². The van der Waals surface area contributed by atoms with Crippen molar-refractivity contribution in [2.75, 3.05) is 7.11 Å². The van der Waals surface area contributed by atoms with Crippen molar-refractivity contribution in [3.8, 4) is 0 Å². The van der Waals surface area contributed by atoms with E-state index in [0.29, 0.717) is 16.5 Å². The molecule has 3 nitrogen and oxygen atoms in total. The Morgan fingerprint density at radius 1 is 1.44 bits per heavy atom. The summed E-state index contributed by atoms with van der Waals surface area (Å²) in [5.74, 6) is -0.289. The van der Waals surface area contributed by atoms with Gasteiger partial charge in [0.05, 0.1) is 12.5 Å². The Bertz CT molecular complexity index is 447. The monoisotopic (exact) mass is 289 g/mol. The average molecular weight is 290 g/mol. The van der Waals surface area contributed by atoms with Crippen molar-refractivity contribution in [2.45, 2.75) is 26.3 Å². The van der Waals surface area contributed by atoms with Crippen LogP contribution in [0.3, 0.4) is 0 Å². The number of hydrogen-bond acceptors (Lipinski definition) is 3. The molecule has 2 N–H and O–H groups in total. The van der Waals surface area contributed by atoms with E-state index in [2.05, 4.69) is 0 Å². The van der Waals surface area contributed by atoms with Gasteiger partial charge in [-0.25, -0.2) is 0 Å². The molecule has 0 saturated carbocycles. The van der Waals surface area contributed by atoms with Crippen LogP contribution in [0.1, 0.15) is 31.9 Å². The molecular formula is C13H17Cl2NO2. The highest BCUT2D eigenvalue weighted by Crippen LogP contribution is 2.33. The topological polar surface area (TPSA) is 52.3 Å². The van der Waals surface area contributed by atoms with Crippen molar-refractivity contribution in [3.05, 3.63) is 33.8 Å². The third kappa shape index (κ3) is 3.61. The van der Waals surface area contributed by atoms with E-state index in [1.807, 2.05) is 0 Å². The number of nitrogens with two attached hydrogens (primary N) is 1. The van der Waals surface area contributed by atoms with Crippen molar-refractivity contribution in [1.29, 1.82) is 0 Å². The van der Waals surface area contributed by atoms with Crippen molar-refractivity contribution < 1.29 is 9.53 Å². The van der Waals surface area contributed by atoms with Gasteiger partial charge in [0.15, 0.2) is 0 Å². The smallest absolute Gasteiger partial charge is 0.311 e.